The standard InChI is InChI=1S/C22H20N4O3/c1-14(27)24-19-4-3-5-21-18(19)8-9-26(21)13-22(28)25-16-10-15-6-7-17(29-2)11-20(15)23-12-16/h3-12H,13H2,1-2H3,(H,24,27)(H,25,28). The van der Waals surface area contributed by atoms with Crippen LogP contribution in [-0.2, 0) is 16.1 Å². The number of rotatable bonds is 5. The molecule has 2 aromatic heterocycles. The number of amides is 2. The Kier molecular flexibility index (Phi) is 4.87. The Bertz CT molecular complexity index is 1230. The van der Waals surface area contributed by atoms with Crippen LogP contribution >= 0.6 is 0 Å². The summed E-state index contributed by atoms with van der Waals surface area (Å²) in [6, 6.07) is 15.0. The van der Waals surface area contributed by atoms with Gasteiger partial charge in [0.15, 0.2) is 0 Å². The summed E-state index contributed by atoms with van der Waals surface area (Å²) < 4.78 is 7.05. The molecule has 0 bridgehead atoms. The minimum Gasteiger partial charge on any atom is -0.497 e. The topological polar surface area (TPSA) is 85.2 Å². The molecule has 0 spiro atoms. The highest BCUT2D eigenvalue weighted by atomic mass is 16.5. The lowest BCUT2D eigenvalue weighted by molar-refractivity contribution is -0.116. The second-order valence-electron chi connectivity index (χ2n) is 6.69. The van der Waals surface area contributed by atoms with Gasteiger partial charge in [-0.05, 0) is 36.4 Å². The summed E-state index contributed by atoms with van der Waals surface area (Å²) >= 11 is 0. The van der Waals surface area contributed by atoms with Gasteiger partial charge < -0.3 is 19.9 Å². The highest BCUT2D eigenvalue weighted by Crippen LogP contribution is 2.25. The number of nitrogens with zero attached hydrogens (tertiary/aromatic N) is 2. The molecule has 0 aliphatic heterocycles. The molecule has 7 heteroatoms. The van der Waals surface area contributed by atoms with E-state index in [0.29, 0.717) is 5.69 Å². The lowest BCUT2D eigenvalue weighted by atomic mass is 10.2. The number of fused-ring (bicyclic) bond motifs is 2. The number of methoxy groups -OCH3 is 1. The summed E-state index contributed by atoms with van der Waals surface area (Å²) in [5.74, 6) is 0.436. The van der Waals surface area contributed by atoms with Crippen molar-refractivity contribution in [3.8, 4) is 5.75 Å². The van der Waals surface area contributed by atoms with E-state index in [4.69, 9.17) is 4.74 Å². The molecule has 2 aromatic carbocycles. The van der Waals surface area contributed by atoms with Crippen LogP contribution in [0.4, 0.5) is 11.4 Å². The molecule has 2 N–H and O–H groups in total. The molecule has 0 saturated carbocycles. The van der Waals surface area contributed by atoms with Crippen molar-refractivity contribution in [1.29, 1.82) is 0 Å². The van der Waals surface area contributed by atoms with Crippen molar-refractivity contribution < 1.29 is 14.3 Å². The maximum absolute atomic E-state index is 12.6. The van der Waals surface area contributed by atoms with Crippen molar-refractivity contribution >= 4 is 45.0 Å². The van der Waals surface area contributed by atoms with Crippen molar-refractivity contribution in [2.45, 2.75) is 13.5 Å². The average molecular weight is 388 g/mol. The van der Waals surface area contributed by atoms with E-state index in [2.05, 4.69) is 15.6 Å². The van der Waals surface area contributed by atoms with Gasteiger partial charge >= 0.3 is 0 Å². The fourth-order valence-electron chi connectivity index (χ4n) is 3.31. The van der Waals surface area contributed by atoms with Crippen LogP contribution in [0.5, 0.6) is 5.75 Å². The molecular formula is C22H20N4O3. The Morgan fingerprint density at radius 3 is 2.76 bits per heavy atom. The van der Waals surface area contributed by atoms with Crippen LogP contribution < -0.4 is 15.4 Å². The van der Waals surface area contributed by atoms with E-state index in [0.717, 1.165) is 33.2 Å². The third kappa shape index (κ3) is 3.89. The fraction of sp³-hybridized carbons (Fsp3) is 0.136. The number of hydrogen-bond acceptors (Lipinski definition) is 4. The van der Waals surface area contributed by atoms with E-state index in [-0.39, 0.29) is 18.4 Å². The van der Waals surface area contributed by atoms with Gasteiger partial charge in [0, 0.05) is 30.0 Å². The fourth-order valence-corrected chi connectivity index (χ4v) is 3.31. The summed E-state index contributed by atoms with van der Waals surface area (Å²) in [4.78, 5) is 28.3. The second kappa shape index (κ2) is 7.63. The minimum atomic E-state index is -0.165. The highest BCUT2D eigenvalue weighted by molar-refractivity contribution is 6.01. The third-order valence-corrected chi connectivity index (χ3v) is 4.61. The van der Waals surface area contributed by atoms with Crippen LogP contribution in [0.25, 0.3) is 21.8 Å². The van der Waals surface area contributed by atoms with E-state index in [1.807, 2.05) is 59.3 Å². The number of ether oxygens (including phenoxy) is 1. The number of hydrogen-bond donors (Lipinski definition) is 2. The number of pyridine rings is 1. The zero-order valence-corrected chi connectivity index (χ0v) is 16.1. The molecule has 2 amide bonds. The first-order valence-electron chi connectivity index (χ1n) is 9.12. The van der Waals surface area contributed by atoms with Gasteiger partial charge in [-0.3, -0.25) is 14.6 Å². The van der Waals surface area contributed by atoms with Crippen LogP contribution in [0.2, 0.25) is 0 Å². The number of carbonyl (C=O) groups excluding carboxylic acids is 2. The summed E-state index contributed by atoms with van der Waals surface area (Å²) in [7, 11) is 1.61. The van der Waals surface area contributed by atoms with Gasteiger partial charge in [0.2, 0.25) is 11.8 Å². The quantitative estimate of drug-likeness (QED) is 0.545. The smallest absolute Gasteiger partial charge is 0.244 e. The lowest BCUT2D eigenvalue weighted by Gasteiger charge is -2.09. The molecule has 0 radical (unpaired) electrons. The van der Waals surface area contributed by atoms with Gasteiger partial charge in [-0.1, -0.05) is 6.07 Å². The first-order chi connectivity index (χ1) is 14.0. The van der Waals surface area contributed by atoms with E-state index in [1.165, 1.54) is 6.92 Å². The van der Waals surface area contributed by atoms with E-state index in [1.54, 1.807) is 13.3 Å². The summed E-state index contributed by atoms with van der Waals surface area (Å²) in [5.41, 5.74) is 3.02. The Morgan fingerprint density at radius 2 is 1.97 bits per heavy atom. The number of nitrogens with one attached hydrogen (secondary N) is 2. The molecule has 0 aliphatic carbocycles. The van der Waals surface area contributed by atoms with Crippen LogP contribution in [0.1, 0.15) is 6.92 Å². The molecule has 0 saturated heterocycles. The predicted octanol–water partition coefficient (Wildman–Crippen LogP) is 3.80. The minimum absolute atomic E-state index is 0.135. The van der Waals surface area contributed by atoms with Gasteiger partial charge in [-0.2, -0.15) is 0 Å². The average Bonchev–Trinajstić information content (AvgIpc) is 3.11. The van der Waals surface area contributed by atoms with Crippen LogP contribution in [0.3, 0.4) is 0 Å². The van der Waals surface area contributed by atoms with Gasteiger partial charge in [0.25, 0.3) is 0 Å². The Labute approximate surface area is 167 Å². The summed E-state index contributed by atoms with van der Waals surface area (Å²) in [6.07, 6.45) is 3.46. The zero-order valence-electron chi connectivity index (χ0n) is 16.1. The Balaban J connectivity index is 1.52. The van der Waals surface area contributed by atoms with Gasteiger partial charge in [-0.25, -0.2) is 0 Å². The van der Waals surface area contributed by atoms with Crippen molar-refractivity contribution in [1.82, 2.24) is 9.55 Å². The molecule has 7 nitrogen and oxygen atoms in total. The van der Waals surface area contributed by atoms with Crippen molar-refractivity contribution in [2.24, 2.45) is 0 Å². The molecule has 2 heterocycles. The number of benzene rings is 2. The largest absolute Gasteiger partial charge is 0.497 e. The van der Waals surface area contributed by atoms with Crippen LogP contribution in [0.15, 0.2) is 60.9 Å². The van der Waals surface area contributed by atoms with Gasteiger partial charge in [-0.15, -0.1) is 0 Å². The maximum atomic E-state index is 12.6. The van der Waals surface area contributed by atoms with E-state index < -0.39 is 0 Å². The monoisotopic (exact) mass is 388 g/mol. The lowest BCUT2D eigenvalue weighted by Crippen LogP contribution is -2.18. The molecule has 4 aromatic rings. The molecule has 0 unspecified atom stereocenters. The summed E-state index contributed by atoms with van der Waals surface area (Å²) in [6.45, 7) is 1.62. The molecule has 0 aliphatic rings. The number of carbonyl (C=O) groups is 2. The van der Waals surface area contributed by atoms with Crippen molar-refractivity contribution in [3.05, 3.63) is 60.9 Å². The number of anilines is 2. The highest BCUT2D eigenvalue weighted by Gasteiger charge is 2.10. The van der Waals surface area contributed by atoms with Crippen LogP contribution in [0, 0.1) is 0 Å². The molecule has 4 rings (SSSR count). The number of aromatic nitrogens is 2. The maximum Gasteiger partial charge on any atom is 0.244 e. The second-order valence-corrected chi connectivity index (χ2v) is 6.69. The molecule has 0 atom stereocenters. The molecule has 0 fully saturated rings. The predicted molar refractivity (Wildman–Crippen MR) is 113 cm³/mol. The van der Waals surface area contributed by atoms with E-state index in [9.17, 15) is 9.59 Å². The Morgan fingerprint density at radius 1 is 1.10 bits per heavy atom. The van der Waals surface area contributed by atoms with Crippen LogP contribution in [-0.4, -0.2) is 28.5 Å². The van der Waals surface area contributed by atoms with Crippen molar-refractivity contribution in [3.63, 3.8) is 0 Å². The first-order valence-corrected chi connectivity index (χ1v) is 9.12. The molecule has 146 valence electrons. The molecule has 29 heavy (non-hydrogen) atoms. The van der Waals surface area contributed by atoms with E-state index >= 15 is 0 Å². The first kappa shape index (κ1) is 18.5. The van der Waals surface area contributed by atoms with Gasteiger partial charge in [0.1, 0.15) is 12.3 Å². The zero-order chi connectivity index (χ0) is 20.4. The molecular weight excluding hydrogens is 368 g/mol. The van der Waals surface area contributed by atoms with Crippen molar-refractivity contribution in [2.75, 3.05) is 17.7 Å². The van der Waals surface area contributed by atoms with Gasteiger partial charge in [0.05, 0.1) is 35.7 Å². The summed E-state index contributed by atoms with van der Waals surface area (Å²) in [5, 5.41) is 7.50. The normalized spacial score (nSPS) is 10.8. The SMILES string of the molecule is COc1ccc2cc(NC(=O)Cn3ccc4c(NC(C)=O)cccc43)cnc2c1. The Hall–Kier alpha value is -3.87. The third-order valence-electron chi connectivity index (χ3n) is 4.61.